The molecule has 0 saturated carbocycles. The van der Waals surface area contributed by atoms with Crippen LogP contribution in [-0.4, -0.2) is 4.55 Å². The molecule has 0 aromatic heterocycles. The van der Waals surface area contributed by atoms with Gasteiger partial charge in [-0.25, -0.2) is 0 Å². The third-order valence-corrected chi connectivity index (χ3v) is 9.02. The fourth-order valence-corrected chi connectivity index (χ4v) is 5.83. The molecule has 23 heavy (non-hydrogen) atoms. The molecule has 0 N–H and O–H groups in total. The van der Waals surface area contributed by atoms with Gasteiger partial charge in [-0.05, 0) is 47.1 Å². The van der Waals surface area contributed by atoms with Crippen molar-refractivity contribution in [3.05, 3.63) is 70.8 Å². The van der Waals surface area contributed by atoms with E-state index in [0.29, 0.717) is 0 Å². The predicted molar refractivity (Wildman–Crippen MR) is 104 cm³/mol. The molecular weight excluding hydrogens is 320 g/mol. The van der Waals surface area contributed by atoms with E-state index in [2.05, 4.69) is 90.1 Å². The molecule has 0 aliphatic heterocycles. The van der Waals surface area contributed by atoms with Gasteiger partial charge in [-0.15, -0.1) is 0 Å². The largest absolute Gasteiger partial charge is 0.604 e. The van der Waals surface area contributed by atoms with E-state index in [0.717, 1.165) is 5.56 Å². The topological polar surface area (TPSA) is 23.1 Å². The number of hydrogen-bond donors (Lipinski definition) is 0. The summed E-state index contributed by atoms with van der Waals surface area (Å²) in [4.78, 5) is 0. The average molecular weight is 347 g/mol. The highest BCUT2D eigenvalue weighted by atomic mass is 33.1. The maximum absolute atomic E-state index is 13.1. The van der Waals surface area contributed by atoms with Crippen LogP contribution in [0, 0.1) is 13.8 Å². The molecule has 0 spiro atoms. The summed E-state index contributed by atoms with van der Waals surface area (Å²) in [6.45, 7) is 12.6. The van der Waals surface area contributed by atoms with Crippen molar-refractivity contribution in [1.29, 1.82) is 0 Å². The van der Waals surface area contributed by atoms with Gasteiger partial charge in [-0.1, -0.05) is 59.7 Å². The standard InChI is InChI=1S/C20H26OS2/c1-15-7-11-17(12-8-15)19(3,4)22-23(21)20(5,6)18-13-9-16(2)10-14-18/h7-14H,1-6H3/t23-/m0/s1. The molecule has 2 aromatic rings. The maximum atomic E-state index is 13.1. The van der Waals surface area contributed by atoms with Gasteiger partial charge in [0.1, 0.15) is 10.8 Å². The molecule has 2 aromatic carbocycles. The van der Waals surface area contributed by atoms with Gasteiger partial charge in [0, 0.05) is 15.8 Å². The smallest absolute Gasteiger partial charge is 0.157 e. The third-order valence-electron chi connectivity index (χ3n) is 4.19. The highest BCUT2D eigenvalue weighted by molar-refractivity contribution is 8.72. The molecule has 3 heteroatoms. The molecule has 0 heterocycles. The Hall–Kier alpha value is -0.900. The normalized spacial score (nSPS) is 13.9. The molecule has 124 valence electrons. The number of rotatable bonds is 5. The van der Waals surface area contributed by atoms with Crippen LogP contribution in [0.15, 0.2) is 48.5 Å². The Morgan fingerprint density at radius 3 is 1.57 bits per heavy atom. The van der Waals surface area contributed by atoms with Crippen LogP contribution in [0.4, 0.5) is 0 Å². The third kappa shape index (κ3) is 4.34. The highest BCUT2D eigenvalue weighted by Crippen LogP contribution is 2.46. The summed E-state index contributed by atoms with van der Waals surface area (Å²) in [6.07, 6.45) is 0. The van der Waals surface area contributed by atoms with Crippen LogP contribution >= 0.6 is 10.8 Å². The fraction of sp³-hybridized carbons (Fsp3) is 0.400. The minimum Gasteiger partial charge on any atom is -0.604 e. The summed E-state index contributed by atoms with van der Waals surface area (Å²) in [6, 6.07) is 16.9. The Morgan fingerprint density at radius 1 is 0.739 bits per heavy atom. The Bertz CT molecular complexity index is 642. The molecule has 0 amide bonds. The van der Waals surface area contributed by atoms with Crippen LogP contribution in [0.2, 0.25) is 0 Å². The van der Waals surface area contributed by atoms with Crippen molar-refractivity contribution < 1.29 is 4.55 Å². The van der Waals surface area contributed by atoms with Crippen LogP contribution < -0.4 is 0 Å². The second-order valence-electron chi connectivity index (χ2n) is 7.07. The van der Waals surface area contributed by atoms with E-state index in [1.54, 1.807) is 0 Å². The summed E-state index contributed by atoms with van der Waals surface area (Å²) in [5.74, 6) is 0. The lowest BCUT2D eigenvalue weighted by molar-refractivity contribution is 0.570. The molecule has 0 saturated heterocycles. The molecule has 1 atom stereocenters. The Kier molecular flexibility index (Phi) is 5.55. The second kappa shape index (κ2) is 6.92. The fourth-order valence-electron chi connectivity index (χ4n) is 2.35. The zero-order chi connectivity index (χ0) is 17.3. The van der Waals surface area contributed by atoms with Crippen molar-refractivity contribution in [2.45, 2.75) is 51.0 Å². The van der Waals surface area contributed by atoms with E-state index >= 15 is 0 Å². The molecule has 0 aliphatic rings. The molecule has 0 bridgehead atoms. The lowest BCUT2D eigenvalue weighted by Gasteiger charge is -2.32. The summed E-state index contributed by atoms with van der Waals surface area (Å²) in [5, 5.41) is 0. The van der Waals surface area contributed by atoms with E-state index in [-0.39, 0.29) is 9.49 Å². The van der Waals surface area contributed by atoms with Gasteiger partial charge < -0.3 is 4.55 Å². The van der Waals surface area contributed by atoms with E-state index in [9.17, 15) is 4.55 Å². The van der Waals surface area contributed by atoms with Crippen molar-refractivity contribution in [3.8, 4) is 0 Å². The van der Waals surface area contributed by atoms with Crippen LogP contribution in [0.3, 0.4) is 0 Å². The first kappa shape index (κ1) is 18.4. The summed E-state index contributed by atoms with van der Waals surface area (Å²) >= 11 is 0. The molecular formula is C20H26OS2. The second-order valence-corrected chi connectivity index (χ2v) is 11.2. The van der Waals surface area contributed by atoms with Gasteiger partial charge in [0.2, 0.25) is 0 Å². The van der Waals surface area contributed by atoms with Gasteiger partial charge in [0.05, 0.1) is 4.75 Å². The molecule has 0 fully saturated rings. The van der Waals surface area contributed by atoms with E-state index in [4.69, 9.17) is 0 Å². The Balaban J connectivity index is 2.20. The SMILES string of the molecule is Cc1ccc(C(C)(C)S[S@+]([O-])C(C)(C)c2ccc(C)cc2)cc1. The van der Waals surface area contributed by atoms with Crippen molar-refractivity contribution in [1.82, 2.24) is 0 Å². The van der Waals surface area contributed by atoms with Crippen molar-refractivity contribution in [2.24, 2.45) is 0 Å². The van der Waals surface area contributed by atoms with Gasteiger partial charge >= 0.3 is 0 Å². The van der Waals surface area contributed by atoms with Gasteiger partial charge in [0.25, 0.3) is 0 Å². The monoisotopic (exact) mass is 346 g/mol. The zero-order valence-electron chi connectivity index (χ0n) is 14.8. The summed E-state index contributed by atoms with van der Waals surface area (Å²) < 4.78 is 12.5. The molecule has 2 rings (SSSR count). The summed E-state index contributed by atoms with van der Waals surface area (Å²) in [7, 11) is 0.492. The molecule has 0 radical (unpaired) electrons. The first-order valence-corrected chi connectivity index (χ1v) is 10.4. The minimum absolute atomic E-state index is 0.194. The Morgan fingerprint density at radius 2 is 1.13 bits per heavy atom. The molecule has 0 unspecified atom stereocenters. The Labute approximate surface area is 147 Å². The van der Waals surface area contributed by atoms with Gasteiger partial charge in [-0.3, -0.25) is 0 Å². The van der Waals surface area contributed by atoms with Crippen LogP contribution in [0.25, 0.3) is 0 Å². The number of hydrogen-bond acceptors (Lipinski definition) is 2. The van der Waals surface area contributed by atoms with Gasteiger partial charge in [0.15, 0.2) is 4.75 Å². The number of aryl methyl sites for hydroxylation is 2. The van der Waals surface area contributed by atoms with Crippen molar-refractivity contribution in [2.75, 3.05) is 0 Å². The zero-order valence-corrected chi connectivity index (χ0v) is 16.5. The van der Waals surface area contributed by atoms with E-state index in [1.807, 2.05) is 0 Å². The van der Waals surface area contributed by atoms with E-state index in [1.165, 1.54) is 27.5 Å². The molecule has 1 nitrogen and oxygen atoms in total. The predicted octanol–water partition coefficient (Wildman–Crippen LogP) is 5.87. The average Bonchev–Trinajstić information content (AvgIpc) is 2.47. The van der Waals surface area contributed by atoms with Crippen LogP contribution in [0.1, 0.15) is 49.9 Å². The lowest BCUT2D eigenvalue weighted by Crippen LogP contribution is -2.30. The number of benzene rings is 2. The maximum Gasteiger partial charge on any atom is 0.157 e. The summed E-state index contributed by atoms with van der Waals surface area (Å²) in [5.41, 5.74) is 4.80. The highest BCUT2D eigenvalue weighted by Gasteiger charge is 2.40. The first-order valence-electron chi connectivity index (χ1n) is 7.88. The molecule has 0 aliphatic carbocycles. The quantitative estimate of drug-likeness (QED) is 0.499. The van der Waals surface area contributed by atoms with Crippen molar-refractivity contribution in [3.63, 3.8) is 0 Å². The van der Waals surface area contributed by atoms with E-state index < -0.39 is 10.2 Å². The van der Waals surface area contributed by atoms with Crippen LogP contribution in [0.5, 0.6) is 0 Å². The van der Waals surface area contributed by atoms with Crippen molar-refractivity contribution >= 4 is 21.0 Å². The van der Waals surface area contributed by atoms with Gasteiger partial charge in [-0.2, -0.15) is 0 Å². The minimum atomic E-state index is -1.05. The first-order chi connectivity index (χ1) is 10.6. The lowest BCUT2D eigenvalue weighted by atomic mass is 10.0. The van der Waals surface area contributed by atoms with Crippen LogP contribution in [-0.2, 0) is 19.7 Å².